The molecular formula is C19H20Cl2N4O3. The molecule has 1 N–H and O–H groups in total. The molecule has 1 aliphatic rings. The molecule has 9 heteroatoms. The summed E-state index contributed by atoms with van der Waals surface area (Å²) in [6.07, 6.45) is 0. The average Bonchev–Trinajstić information content (AvgIpc) is 2.68. The zero-order chi connectivity index (χ0) is 20.3. The summed E-state index contributed by atoms with van der Waals surface area (Å²) in [5, 5.41) is 14.4. The van der Waals surface area contributed by atoms with Crippen molar-refractivity contribution >= 4 is 46.2 Å². The van der Waals surface area contributed by atoms with E-state index in [-0.39, 0.29) is 16.3 Å². The van der Waals surface area contributed by atoms with E-state index in [4.69, 9.17) is 23.2 Å². The van der Waals surface area contributed by atoms with Crippen LogP contribution in [0.3, 0.4) is 0 Å². The van der Waals surface area contributed by atoms with Gasteiger partial charge in [0.2, 0.25) is 0 Å². The van der Waals surface area contributed by atoms with Gasteiger partial charge in [0.1, 0.15) is 0 Å². The first-order valence-electron chi connectivity index (χ1n) is 8.91. The maximum atomic E-state index is 12.8. The van der Waals surface area contributed by atoms with Gasteiger partial charge in [-0.1, -0.05) is 30.1 Å². The molecule has 1 saturated heterocycles. The second-order valence-electron chi connectivity index (χ2n) is 6.46. The lowest BCUT2D eigenvalue weighted by molar-refractivity contribution is -0.384. The third kappa shape index (κ3) is 4.55. The predicted molar refractivity (Wildman–Crippen MR) is 112 cm³/mol. The topological polar surface area (TPSA) is 78.7 Å². The number of nitro benzene ring substituents is 1. The number of carbonyl (C=O) groups is 1. The number of nitrogens with zero attached hydrogens (tertiary/aromatic N) is 3. The van der Waals surface area contributed by atoms with Gasteiger partial charge in [-0.25, -0.2) is 0 Å². The van der Waals surface area contributed by atoms with E-state index in [0.717, 1.165) is 38.4 Å². The third-order valence-corrected chi connectivity index (χ3v) is 5.34. The number of nitro groups is 1. The molecule has 2 aromatic rings. The minimum Gasteiger partial charge on any atom is -0.367 e. The molecule has 1 heterocycles. The fourth-order valence-electron chi connectivity index (χ4n) is 3.18. The SMILES string of the molecule is CCN1CCN(c2ccc(Cl)cc2NC(=O)c2cc([N+](=O)[O-])ccc2Cl)CC1. The fraction of sp³-hybridized carbons (Fsp3) is 0.316. The quantitative estimate of drug-likeness (QED) is 0.573. The van der Waals surface area contributed by atoms with Crippen LogP contribution in [-0.4, -0.2) is 48.5 Å². The van der Waals surface area contributed by atoms with Crippen LogP contribution >= 0.6 is 23.2 Å². The minimum absolute atomic E-state index is 0.0394. The van der Waals surface area contributed by atoms with E-state index in [1.54, 1.807) is 12.1 Å². The third-order valence-electron chi connectivity index (χ3n) is 4.77. The highest BCUT2D eigenvalue weighted by Crippen LogP contribution is 2.31. The lowest BCUT2D eigenvalue weighted by Gasteiger charge is -2.36. The zero-order valence-electron chi connectivity index (χ0n) is 15.3. The highest BCUT2D eigenvalue weighted by atomic mass is 35.5. The Morgan fingerprint density at radius 3 is 2.50 bits per heavy atom. The number of anilines is 2. The van der Waals surface area contributed by atoms with Crippen LogP contribution in [-0.2, 0) is 0 Å². The van der Waals surface area contributed by atoms with Gasteiger partial charge >= 0.3 is 0 Å². The smallest absolute Gasteiger partial charge is 0.270 e. The molecule has 2 aromatic carbocycles. The van der Waals surface area contributed by atoms with Crippen LogP contribution in [0.5, 0.6) is 0 Å². The first-order valence-corrected chi connectivity index (χ1v) is 9.66. The maximum absolute atomic E-state index is 12.8. The Balaban J connectivity index is 1.86. The summed E-state index contributed by atoms with van der Waals surface area (Å²) in [6, 6.07) is 9.09. The lowest BCUT2D eigenvalue weighted by Crippen LogP contribution is -2.46. The van der Waals surface area contributed by atoms with Crippen molar-refractivity contribution in [2.24, 2.45) is 0 Å². The van der Waals surface area contributed by atoms with Gasteiger partial charge < -0.3 is 15.1 Å². The molecule has 7 nitrogen and oxygen atoms in total. The highest BCUT2D eigenvalue weighted by molar-refractivity contribution is 6.34. The number of rotatable bonds is 5. The van der Waals surface area contributed by atoms with E-state index >= 15 is 0 Å². The Labute approximate surface area is 173 Å². The normalized spacial score (nSPS) is 14.8. The molecule has 0 atom stereocenters. The van der Waals surface area contributed by atoms with Crippen LogP contribution in [0.15, 0.2) is 36.4 Å². The zero-order valence-corrected chi connectivity index (χ0v) is 16.8. The van der Waals surface area contributed by atoms with Gasteiger partial charge in [-0.15, -0.1) is 0 Å². The number of carbonyl (C=O) groups excluding carboxylic acids is 1. The number of halogens is 2. The fourth-order valence-corrected chi connectivity index (χ4v) is 3.56. The second-order valence-corrected chi connectivity index (χ2v) is 7.30. The molecule has 1 aliphatic heterocycles. The Hall–Kier alpha value is -2.35. The minimum atomic E-state index is -0.564. The number of amides is 1. The van der Waals surface area contributed by atoms with Crippen molar-refractivity contribution in [1.82, 2.24) is 4.90 Å². The van der Waals surface area contributed by atoms with Crippen LogP contribution in [0, 0.1) is 10.1 Å². The molecule has 0 aliphatic carbocycles. The van der Waals surface area contributed by atoms with Crippen molar-refractivity contribution in [3.05, 3.63) is 62.1 Å². The molecule has 0 saturated carbocycles. The molecule has 0 unspecified atom stereocenters. The number of benzene rings is 2. The van der Waals surface area contributed by atoms with E-state index in [1.165, 1.54) is 18.2 Å². The lowest BCUT2D eigenvalue weighted by atomic mass is 10.1. The highest BCUT2D eigenvalue weighted by Gasteiger charge is 2.21. The van der Waals surface area contributed by atoms with Crippen LogP contribution in [0.2, 0.25) is 10.0 Å². The molecule has 28 heavy (non-hydrogen) atoms. The van der Waals surface area contributed by atoms with E-state index in [2.05, 4.69) is 22.0 Å². The van der Waals surface area contributed by atoms with Gasteiger partial charge in [0, 0.05) is 43.3 Å². The Morgan fingerprint density at radius 2 is 1.86 bits per heavy atom. The van der Waals surface area contributed by atoms with Crippen molar-refractivity contribution < 1.29 is 9.72 Å². The Morgan fingerprint density at radius 1 is 1.14 bits per heavy atom. The molecular weight excluding hydrogens is 403 g/mol. The molecule has 1 fully saturated rings. The molecule has 148 valence electrons. The largest absolute Gasteiger partial charge is 0.367 e. The van der Waals surface area contributed by atoms with Gasteiger partial charge in [-0.2, -0.15) is 0 Å². The second kappa shape index (κ2) is 8.77. The van der Waals surface area contributed by atoms with Crippen molar-refractivity contribution in [2.45, 2.75) is 6.92 Å². The Kier molecular flexibility index (Phi) is 6.39. The molecule has 0 radical (unpaired) electrons. The van der Waals surface area contributed by atoms with Crippen molar-refractivity contribution in [3.8, 4) is 0 Å². The number of likely N-dealkylation sites (N-methyl/N-ethyl adjacent to an activating group) is 1. The van der Waals surface area contributed by atoms with Gasteiger partial charge in [-0.05, 0) is 30.8 Å². The number of nitrogens with one attached hydrogen (secondary N) is 1. The van der Waals surface area contributed by atoms with Gasteiger partial charge in [0.15, 0.2) is 0 Å². The summed E-state index contributed by atoms with van der Waals surface area (Å²) in [7, 11) is 0. The summed E-state index contributed by atoms with van der Waals surface area (Å²) in [4.78, 5) is 27.7. The van der Waals surface area contributed by atoms with Gasteiger partial charge in [-0.3, -0.25) is 14.9 Å². The van der Waals surface area contributed by atoms with Crippen LogP contribution in [0.4, 0.5) is 17.1 Å². The predicted octanol–water partition coefficient (Wildman–Crippen LogP) is 4.30. The summed E-state index contributed by atoms with van der Waals surface area (Å²) < 4.78 is 0. The molecule has 0 aromatic heterocycles. The molecule has 3 rings (SSSR count). The van der Waals surface area contributed by atoms with E-state index < -0.39 is 10.8 Å². The number of hydrogen-bond acceptors (Lipinski definition) is 5. The standard InChI is InChI=1S/C19H20Cl2N4O3/c1-2-23-7-9-24(10-8-23)18-6-3-13(20)11-17(18)22-19(26)15-12-14(25(27)28)4-5-16(15)21/h3-6,11-12H,2,7-10H2,1H3,(H,22,26). The van der Waals surface area contributed by atoms with Crippen molar-refractivity contribution in [2.75, 3.05) is 42.9 Å². The van der Waals surface area contributed by atoms with Crippen LogP contribution < -0.4 is 10.2 Å². The van der Waals surface area contributed by atoms with Crippen LogP contribution in [0.25, 0.3) is 0 Å². The van der Waals surface area contributed by atoms with Crippen molar-refractivity contribution in [1.29, 1.82) is 0 Å². The van der Waals surface area contributed by atoms with Crippen LogP contribution in [0.1, 0.15) is 17.3 Å². The number of non-ortho nitro benzene ring substituents is 1. The monoisotopic (exact) mass is 422 g/mol. The van der Waals surface area contributed by atoms with Gasteiger partial charge in [0.05, 0.1) is 26.9 Å². The summed E-state index contributed by atoms with van der Waals surface area (Å²) in [6.45, 7) is 6.66. The summed E-state index contributed by atoms with van der Waals surface area (Å²) in [5.41, 5.74) is 1.24. The first kappa shape index (κ1) is 20.4. The Bertz CT molecular complexity index is 899. The number of piperazine rings is 1. The maximum Gasteiger partial charge on any atom is 0.270 e. The van der Waals surface area contributed by atoms with Crippen molar-refractivity contribution in [3.63, 3.8) is 0 Å². The molecule has 1 amide bonds. The molecule has 0 spiro atoms. The van der Waals surface area contributed by atoms with E-state index in [9.17, 15) is 14.9 Å². The van der Waals surface area contributed by atoms with Gasteiger partial charge in [0.25, 0.3) is 11.6 Å². The first-order chi connectivity index (χ1) is 13.4. The summed E-state index contributed by atoms with van der Waals surface area (Å²) in [5.74, 6) is -0.524. The average molecular weight is 423 g/mol. The van der Waals surface area contributed by atoms with E-state index in [0.29, 0.717) is 10.7 Å². The molecule has 0 bridgehead atoms. The number of hydrogen-bond donors (Lipinski definition) is 1. The van der Waals surface area contributed by atoms with E-state index in [1.807, 2.05) is 6.07 Å². The summed E-state index contributed by atoms with van der Waals surface area (Å²) >= 11 is 12.2.